The van der Waals surface area contributed by atoms with Crippen LogP contribution < -0.4 is 9.47 Å². The zero-order valence-electron chi connectivity index (χ0n) is 16.4. The first-order valence-electron chi connectivity index (χ1n) is 9.50. The van der Waals surface area contributed by atoms with Crippen molar-refractivity contribution in [2.75, 3.05) is 6.79 Å². The van der Waals surface area contributed by atoms with E-state index in [9.17, 15) is 14.3 Å². The van der Waals surface area contributed by atoms with E-state index in [4.69, 9.17) is 9.47 Å². The van der Waals surface area contributed by atoms with Crippen molar-refractivity contribution in [3.63, 3.8) is 0 Å². The summed E-state index contributed by atoms with van der Waals surface area (Å²) in [7, 11) is 0. The van der Waals surface area contributed by atoms with Gasteiger partial charge >= 0.3 is 5.97 Å². The number of imidazole rings is 1. The van der Waals surface area contributed by atoms with Crippen molar-refractivity contribution in [3.8, 4) is 11.5 Å². The van der Waals surface area contributed by atoms with Crippen LogP contribution in [-0.4, -0.2) is 27.4 Å². The van der Waals surface area contributed by atoms with E-state index in [0.717, 1.165) is 11.1 Å². The summed E-state index contributed by atoms with van der Waals surface area (Å²) in [5, 5.41) is 9.82. The number of fused-ring (bicyclic) bond motifs is 1. The second kappa shape index (κ2) is 8.10. The minimum absolute atomic E-state index is 0.0226. The number of carboxylic acids is 1. The largest absolute Gasteiger partial charge is 0.476 e. The number of aromatic nitrogens is 2. The van der Waals surface area contributed by atoms with Crippen LogP contribution in [0.1, 0.15) is 53.1 Å². The molecule has 0 fully saturated rings. The molecule has 2 aromatic carbocycles. The molecule has 0 aliphatic carbocycles. The highest BCUT2D eigenvalue weighted by molar-refractivity contribution is 9.10. The summed E-state index contributed by atoms with van der Waals surface area (Å²) in [6.45, 7) is 4.10. The maximum atomic E-state index is 13.6. The van der Waals surface area contributed by atoms with Crippen molar-refractivity contribution in [3.05, 3.63) is 75.5 Å². The molecular formula is C22H20BrFN2O4. The lowest BCUT2D eigenvalue weighted by Gasteiger charge is -2.23. The maximum absolute atomic E-state index is 13.6. The quantitative estimate of drug-likeness (QED) is 0.533. The Morgan fingerprint density at radius 1 is 1.20 bits per heavy atom. The van der Waals surface area contributed by atoms with Gasteiger partial charge in [0.05, 0.1) is 5.69 Å². The normalized spacial score (nSPS) is 13.6. The number of halogens is 2. The van der Waals surface area contributed by atoms with Gasteiger partial charge in [0.25, 0.3) is 0 Å². The van der Waals surface area contributed by atoms with Crippen molar-refractivity contribution >= 4 is 21.9 Å². The van der Waals surface area contributed by atoms with Crippen molar-refractivity contribution in [2.24, 2.45) is 0 Å². The molecule has 0 spiro atoms. The fraction of sp³-hybridized carbons (Fsp3) is 0.273. The van der Waals surface area contributed by atoms with Crippen molar-refractivity contribution < 1.29 is 23.8 Å². The first-order chi connectivity index (χ1) is 14.3. The van der Waals surface area contributed by atoms with Crippen molar-refractivity contribution in [1.29, 1.82) is 0 Å². The summed E-state index contributed by atoms with van der Waals surface area (Å²) in [6, 6.07) is 11.8. The molecule has 0 radical (unpaired) electrons. The third-order valence-electron chi connectivity index (χ3n) is 5.10. The molecule has 1 aromatic heterocycles. The van der Waals surface area contributed by atoms with E-state index < -0.39 is 5.97 Å². The van der Waals surface area contributed by atoms with Crippen molar-refractivity contribution in [2.45, 2.75) is 32.2 Å². The molecule has 1 aliphatic rings. The zero-order valence-corrected chi connectivity index (χ0v) is 18.0. The minimum Gasteiger partial charge on any atom is -0.476 e. The smallest absolute Gasteiger partial charge is 0.356 e. The molecule has 0 saturated heterocycles. The molecule has 0 amide bonds. The molecule has 0 bridgehead atoms. The van der Waals surface area contributed by atoms with Crippen LogP contribution in [0.2, 0.25) is 0 Å². The number of hydrogen-bond acceptors (Lipinski definition) is 4. The third-order valence-corrected chi connectivity index (χ3v) is 5.66. The van der Waals surface area contributed by atoms with Crippen LogP contribution in [0.25, 0.3) is 0 Å². The number of ether oxygens (including phenoxy) is 2. The predicted molar refractivity (Wildman–Crippen MR) is 112 cm³/mol. The first-order valence-corrected chi connectivity index (χ1v) is 10.3. The SMILES string of the molecule is CC(C)n1c(Br)nc(C(=O)O)c1C(Cc1ccc2c(c1)OCO2)c1ccc(F)cc1. The lowest BCUT2D eigenvalue weighted by molar-refractivity contribution is 0.0689. The Morgan fingerprint density at radius 3 is 2.57 bits per heavy atom. The second-order valence-corrected chi connectivity index (χ2v) is 8.09. The molecule has 1 unspecified atom stereocenters. The van der Waals surface area contributed by atoms with Gasteiger partial charge in [0.2, 0.25) is 6.79 Å². The van der Waals surface area contributed by atoms with Crippen LogP contribution in [-0.2, 0) is 6.42 Å². The third kappa shape index (κ3) is 3.79. The van der Waals surface area contributed by atoms with E-state index in [1.807, 2.05) is 36.6 Å². The number of carbonyl (C=O) groups is 1. The summed E-state index contributed by atoms with van der Waals surface area (Å²) >= 11 is 3.41. The Balaban J connectivity index is 1.86. The van der Waals surface area contributed by atoms with Crippen LogP contribution >= 0.6 is 15.9 Å². The van der Waals surface area contributed by atoms with E-state index in [1.165, 1.54) is 12.1 Å². The van der Waals surface area contributed by atoms with Gasteiger partial charge in [-0.25, -0.2) is 14.2 Å². The van der Waals surface area contributed by atoms with Gasteiger partial charge in [-0.15, -0.1) is 0 Å². The average Bonchev–Trinajstić information content (AvgIpc) is 3.30. The fourth-order valence-electron chi connectivity index (χ4n) is 3.77. The standard InChI is InChI=1S/C22H20BrFN2O4/c1-12(2)26-20(19(21(27)28)25-22(26)23)16(14-4-6-15(24)7-5-14)9-13-3-8-17-18(10-13)30-11-29-17/h3-8,10,12,16H,9,11H2,1-2H3,(H,27,28). The number of aromatic carboxylic acids is 1. The van der Waals surface area contributed by atoms with E-state index in [0.29, 0.717) is 28.3 Å². The van der Waals surface area contributed by atoms with E-state index >= 15 is 0 Å². The number of hydrogen-bond donors (Lipinski definition) is 1. The highest BCUT2D eigenvalue weighted by atomic mass is 79.9. The molecule has 0 saturated carbocycles. The molecule has 6 nitrogen and oxygen atoms in total. The lowest BCUT2D eigenvalue weighted by Crippen LogP contribution is -2.17. The highest BCUT2D eigenvalue weighted by Gasteiger charge is 2.30. The van der Waals surface area contributed by atoms with Gasteiger partial charge in [-0.1, -0.05) is 18.2 Å². The van der Waals surface area contributed by atoms with Crippen LogP contribution in [0.3, 0.4) is 0 Å². The Kier molecular flexibility index (Phi) is 5.51. The van der Waals surface area contributed by atoms with Crippen LogP contribution in [0, 0.1) is 5.82 Å². The monoisotopic (exact) mass is 474 g/mol. The van der Waals surface area contributed by atoms with Gasteiger partial charge in [-0.2, -0.15) is 0 Å². The molecule has 156 valence electrons. The first kappa shape index (κ1) is 20.4. The Hall–Kier alpha value is -2.87. The molecule has 30 heavy (non-hydrogen) atoms. The molecule has 4 rings (SSSR count). The molecule has 2 heterocycles. The van der Waals surface area contributed by atoms with Gasteiger partial charge < -0.3 is 19.1 Å². The number of carboxylic acid groups (broad SMARTS) is 1. The van der Waals surface area contributed by atoms with Gasteiger partial charge in [0.15, 0.2) is 21.9 Å². The van der Waals surface area contributed by atoms with Crippen LogP contribution in [0.15, 0.2) is 47.2 Å². The number of benzene rings is 2. The minimum atomic E-state index is -1.11. The maximum Gasteiger partial charge on any atom is 0.356 e. The second-order valence-electron chi connectivity index (χ2n) is 7.38. The average molecular weight is 475 g/mol. The van der Waals surface area contributed by atoms with Gasteiger partial charge in [-0.3, -0.25) is 0 Å². The van der Waals surface area contributed by atoms with Gasteiger partial charge in [-0.05, 0) is 71.6 Å². The summed E-state index contributed by atoms with van der Waals surface area (Å²) in [6.07, 6.45) is 0.480. The molecule has 1 atom stereocenters. The summed E-state index contributed by atoms with van der Waals surface area (Å²) in [4.78, 5) is 16.3. The van der Waals surface area contributed by atoms with Crippen LogP contribution in [0.4, 0.5) is 4.39 Å². The molecule has 3 aromatic rings. The molecule has 1 aliphatic heterocycles. The fourth-order valence-corrected chi connectivity index (χ4v) is 4.55. The summed E-state index contributed by atoms with van der Waals surface area (Å²) < 4.78 is 26.8. The topological polar surface area (TPSA) is 73.6 Å². The van der Waals surface area contributed by atoms with Crippen molar-refractivity contribution in [1.82, 2.24) is 9.55 Å². The highest BCUT2D eigenvalue weighted by Crippen LogP contribution is 2.38. The number of rotatable bonds is 6. The Morgan fingerprint density at radius 2 is 1.90 bits per heavy atom. The zero-order chi connectivity index (χ0) is 21.4. The van der Waals surface area contributed by atoms with E-state index in [1.54, 1.807) is 12.1 Å². The molecule has 8 heteroatoms. The Bertz CT molecular complexity index is 1100. The van der Waals surface area contributed by atoms with Gasteiger partial charge in [0, 0.05) is 12.0 Å². The Labute approximate surface area is 181 Å². The van der Waals surface area contributed by atoms with Crippen LogP contribution in [0.5, 0.6) is 11.5 Å². The molecule has 1 N–H and O–H groups in total. The molecular weight excluding hydrogens is 455 g/mol. The van der Waals surface area contributed by atoms with E-state index in [2.05, 4.69) is 20.9 Å². The van der Waals surface area contributed by atoms with Gasteiger partial charge in [0.1, 0.15) is 5.82 Å². The summed E-state index contributed by atoms with van der Waals surface area (Å²) in [5.41, 5.74) is 2.28. The van der Waals surface area contributed by atoms with E-state index in [-0.39, 0.29) is 30.3 Å². The summed E-state index contributed by atoms with van der Waals surface area (Å²) in [5.74, 6) is -0.487. The lowest BCUT2D eigenvalue weighted by atomic mass is 9.87. The number of nitrogens with zero attached hydrogens (tertiary/aromatic N) is 2. The predicted octanol–water partition coefficient (Wildman–Crippen LogP) is 5.17.